The number of rotatable bonds is 1. The molecule has 0 atom stereocenters. The monoisotopic (exact) mass is 206 g/mol. The van der Waals surface area contributed by atoms with Crippen LogP contribution in [-0.2, 0) is 0 Å². The Morgan fingerprint density at radius 3 is 2.40 bits per heavy atom. The first-order valence-electron chi connectivity index (χ1n) is 3.92. The van der Waals surface area contributed by atoms with E-state index in [1.807, 2.05) is 6.92 Å². The third-order valence-electron chi connectivity index (χ3n) is 2.40. The molecule has 1 fully saturated rings. The summed E-state index contributed by atoms with van der Waals surface area (Å²) in [5.41, 5.74) is -0.362. The van der Waals surface area contributed by atoms with Gasteiger partial charge in [0.05, 0.1) is 5.60 Å². The lowest BCUT2D eigenvalue weighted by Crippen LogP contribution is -2.30. The van der Waals surface area contributed by atoms with Gasteiger partial charge in [-0.3, -0.25) is 0 Å². The molecule has 2 heteroatoms. The van der Waals surface area contributed by atoms with Crippen molar-refractivity contribution in [3.63, 3.8) is 0 Å². The Bertz CT molecular complexity index is 102. The fourth-order valence-electron chi connectivity index (χ4n) is 1.45. The van der Waals surface area contributed by atoms with Crippen LogP contribution in [0.4, 0.5) is 0 Å². The maximum atomic E-state index is 9.57. The summed E-state index contributed by atoms with van der Waals surface area (Å²) < 4.78 is 0. The van der Waals surface area contributed by atoms with Gasteiger partial charge in [0.2, 0.25) is 0 Å². The van der Waals surface area contributed by atoms with Gasteiger partial charge in [0.1, 0.15) is 0 Å². The minimum atomic E-state index is -0.362. The van der Waals surface area contributed by atoms with Gasteiger partial charge in [-0.2, -0.15) is 0 Å². The predicted molar refractivity (Wildman–Crippen MR) is 46.4 cm³/mol. The normalized spacial score (nSPS) is 41.7. The Morgan fingerprint density at radius 2 is 2.00 bits per heavy atom. The van der Waals surface area contributed by atoms with Crippen LogP contribution in [0, 0.1) is 5.92 Å². The van der Waals surface area contributed by atoms with Crippen LogP contribution in [-0.4, -0.2) is 16.0 Å². The smallest absolute Gasteiger partial charge is 0.0620 e. The first-order valence-corrected chi connectivity index (χ1v) is 5.04. The van der Waals surface area contributed by atoms with Crippen molar-refractivity contribution < 1.29 is 5.11 Å². The van der Waals surface area contributed by atoms with Crippen LogP contribution in [0.15, 0.2) is 0 Å². The van der Waals surface area contributed by atoms with Crippen molar-refractivity contribution in [1.82, 2.24) is 0 Å². The molecule has 0 spiro atoms. The van der Waals surface area contributed by atoms with Crippen LogP contribution in [0.1, 0.15) is 32.6 Å². The lowest BCUT2D eigenvalue weighted by atomic mass is 9.81. The highest BCUT2D eigenvalue weighted by Gasteiger charge is 2.27. The topological polar surface area (TPSA) is 20.2 Å². The minimum Gasteiger partial charge on any atom is -0.390 e. The molecule has 0 aromatic carbocycles. The van der Waals surface area contributed by atoms with Gasteiger partial charge in [0.15, 0.2) is 0 Å². The van der Waals surface area contributed by atoms with Crippen LogP contribution < -0.4 is 0 Å². The van der Waals surface area contributed by atoms with Crippen molar-refractivity contribution in [3.8, 4) is 0 Å². The predicted octanol–water partition coefficient (Wildman–Crippen LogP) is 2.32. The van der Waals surface area contributed by atoms with Crippen LogP contribution >= 0.6 is 15.9 Å². The van der Waals surface area contributed by atoms with Crippen LogP contribution in [0.3, 0.4) is 0 Å². The van der Waals surface area contributed by atoms with Gasteiger partial charge >= 0.3 is 0 Å². The largest absolute Gasteiger partial charge is 0.390 e. The van der Waals surface area contributed by atoms with Crippen molar-refractivity contribution in [1.29, 1.82) is 0 Å². The Labute approximate surface area is 70.9 Å². The Morgan fingerprint density at radius 1 is 1.50 bits per heavy atom. The van der Waals surface area contributed by atoms with Gasteiger partial charge in [-0.25, -0.2) is 0 Å². The summed E-state index contributed by atoms with van der Waals surface area (Å²) >= 11 is 3.47. The highest BCUT2D eigenvalue weighted by molar-refractivity contribution is 9.09. The molecule has 60 valence electrons. The Hall–Kier alpha value is 0.440. The molecule has 0 saturated heterocycles. The molecule has 0 unspecified atom stereocenters. The van der Waals surface area contributed by atoms with Gasteiger partial charge in [0.25, 0.3) is 0 Å². The second-order valence-corrected chi connectivity index (χ2v) is 4.24. The van der Waals surface area contributed by atoms with Crippen molar-refractivity contribution in [2.24, 2.45) is 5.92 Å². The second-order valence-electron chi connectivity index (χ2n) is 3.59. The van der Waals surface area contributed by atoms with Crippen molar-refractivity contribution in [3.05, 3.63) is 0 Å². The number of aliphatic hydroxyl groups is 1. The third-order valence-corrected chi connectivity index (χ3v) is 3.32. The van der Waals surface area contributed by atoms with E-state index >= 15 is 0 Å². The van der Waals surface area contributed by atoms with Crippen molar-refractivity contribution >= 4 is 15.9 Å². The van der Waals surface area contributed by atoms with Crippen LogP contribution in [0.2, 0.25) is 0 Å². The zero-order valence-corrected chi connectivity index (χ0v) is 8.02. The fourth-order valence-corrected chi connectivity index (χ4v) is 2.10. The van der Waals surface area contributed by atoms with E-state index in [1.165, 1.54) is 12.8 Å². The summed E-state index contributed by atoms with van der Waals surface area (Å²) in [6.07, 6.45) is 4.31. The summed E-state index contributed by atoms with van der Waals surface area (Å²) in [6, 6.07) is 0. The Balaban J connectivity index is 2.31. The van der Waals surface area contributed by atoms with Gasteiger partial charge < -0.3 is 5.11 Å². The lowest BCUT2D eigenvalue weighted by Gasteiger charge is -2.32. The molecule has 1 N–H and O–H groups in total. The molecule has 1 saturated carbocycles. The van der Waals surface area contributed by atoms with E-state index in [0.717, 1.165) is 24.1 Å². The quantitative estimate of drug-likeness (QED) is 0.654. The molecule has 0 radical (unpaired) electrons. The summed E-state index contributed by atoms with van der Waals surface area (Å²) in [5.74, 6) is 0.806. The molecular weight excluding hydrogens is 192 g/mol. The van der Waals surface area contributed by atoms with Crippen molar-refractivity contribution in [2.75, 3.05) is 5.33 Å². The maximum absolute atomic E-state index is 9.57. The zero-order valence-electron chi connectivity index (χ0n) is 6.44. The summed E-state index contributed by atoms with van der Waals surface area (Å²) in [6.45, 7) is 1.94. The minimum absolute atomic E-state index is 0.362. The summed E-state index contributed by atoms with van der Waals surface area (Å²) in [4.78, 5) is 0. The van der Waals surface area contributed by atoms with E-state index in [2.05, 4.69) is 15.9 Å². The third kappa shape index (κ3) is 2.24. The number of hydrogen-bond acceptors (Lipinski definition) is 1. The highest BCUT2D eigenvalue weighted by Crippen LogP contribution is 2.32. The SMILES string of the molecule is C[C@]1(O)CC[C@@H](CBr)CC1. The zero-order chi connectivity index (χ0) is 7.61. The van der Waals surface area contributed by atoms with Gasteiger partial charge in [-0.05, 0) is 38.5 Å². The average Bonchev–Trinajstić information content (AvgIpc) is 1.88. The van der Waals surface area contributed by atoms with Crippen molar-refractivity contribution in [2.45, 2.75) is 38.2 Å². The highest BCUT2D eigenvalue weighted by atomic mass is 79.9. The molecule has 1 nitrogen and oxygen atoms in total. The molecule has 1 aliphatic rings. The average molecular weight is 207 g/mol. The summed E-state index contributed by atoms with van der Waals surface area (Å²) in [7, 11) is 0. The van der Waals surface area contributed by atoms with E-state index < -0.39 is 0 Å². The molecule has 0 aromatic heterocycles. The number of halogens is 1. The van der Waals surface area contributed by atoms with Gasteiger partial charge in [0, 0.05) is 5.33 Å². The van der Waals surface area contributed by atoms with E-state index in [1.54, 1.807) is 0 Å². The molecule has 0 heterocycles. The fraction of sp³-hybridized carbons (Fsp3) is 1.00. The molecular formula is C8H15BrO. The molecule has 1 aliphatic carbocycles. The first-order chi connectivity index (χ1) is 4.64. The number of alkyl halides is 1. The molecule has 0 aromatic rings. The van der Waals surface area contributed by atoms with Gasteiger partial charge in [-0.1, -0.05) is 15.9 Å². The van der Waals surface area contributed by atoms with E-state index in [4.69, 9.17) is 0 Å². The first kappa shape index (κ1) is 8.54. The molecule has 10 heavy (non-hydrogen) atoms. The van der Waals surface area contributed by atoms with E-state index in [9.17, 15) is 5.11 Å². The Kier molecular flexibility index (Phi) is 2.75. The molecule has 0 amide bonds. The van der Waals surface area contributed by atoms with Gasteiger partial charge in [-0.15, -0.1) is 0 Å². The van der Waals surface area contributed by atoms with Crippen LogP contribution in [0.25, 0.3) is 0 Å². The van der Waals surface area contributed by atoms with Crippen LogP contribution in [0.5, 0.6) is 0 Å². The number of hydrogen-bond donors (Lipinski definition) is 1. The van der Waals surface area contributed by atoms with E-state index in [-0.39, 0.29) is 5.60 Å². The standard InChI is InChI=1S/C8H15BrO/c1-8(10)4-2-7(6-9)3-5-8/h7,10H,2-6H2,1H3/t7-,8+. The second kappa shape index (κ2) is 3.22. The summed E-state index contributed by atoms with van der Waals surface area (Å²) in [5, 5.41) is 10.7. The molecule has 0 aliphatic heterocycles. The maximum Gasteiger partial charge on any atom is 0.0620 e. The molecule has 1 rings (SSSR count). The molecule has 0 bridgehead atoms. The lowest BCUT2D eigenvalue weighted by molar-refractivity contribution is 0.0112. The van der Waals surface area contributed by atoms with E-state index in [0.29, 0.717) is 0 Å².